The van der Waals surface area contributed by atoms with Gasteiger partial charge in [-0.2, -0.15) is 5.10 Å². The standard InChI is InChI=1S/C19H26ClN3OS/c1-6-9-22(12-16-7-8-18(20)25-16)19(24)10-17-14(4)21-23(15(17)5)11-13(2)3/h6-8,13H,1,9-12H2,2-5H3. The number of halogens is 1. The second kappa shape index (κ2) is 8.68. The number of aromatic nitrogens is 2. The van der Waals surface area contributed by atoms with Crippen LogP contribution < -0.4 is 0 Å². The monoisotopic (exact) mass is 379 g/mol. The van der Waals surface area contributed by atoms with E-state index in [1.54, 1.807) is 6.08 Å². The Bertz CT molecular complexity index is 748. The van der Waals surface area contributed by atoms with Crippen molar-refractivity contribution in [2.45, 2.75) is 47.2 Å². The number of carbonyl (C=O) groups excluding carboxylic acids is 1. The Hall–Kier alpha value is -1.59. The largest absolute Gasteiger partial charge is 0.334 e. The van der Waals surface area contributed by atoms with E-state index in [0.717, 1.165) is 32.7 Å². The molecular weight excluding hydrogens is 354 g/mol. The molecule has 2 rings (SSSR count). The average Bonchev–Trinajstić information content (AvgIpc) is 3.05. The van der Waals surface area contributed by atoms with Gasteiger partial charge in [-0.1, -0.05) is 31.5 Å². The third-order valence-corrected chi connectivity index (χ3v) is 5.29. The van der Waals surface area contributed by atoms with Crippen molar-refractivity contribution in [3.05, 3.63) is 51.0 Å². The summed E-state index contributed by atoms with van der Waals surface area (Å²) < 4.78 is 2.75. The van der Waals surface area contributed by atoms with Crippen molar-refractivity contribution >= 4 is 28.8 Å². The third kappa shape index (κ3) is 5.19. The molecule has 0 radical (unpaired) electrons. The van der Waals surface area contributed by atoms with Crippen LogP contribution >= 0.6 is 22.9 Å². The summed E-state index contributed by atoms with van der Waals surface area (Å²) in [5.41, 5.74) is 3.05. The van der Waals surface area contributed by atoms with Gasteiger partial charge in [0.05, 0.1) is 23.0 Å². The summed E-state index contributed by atoms with van der Waals surface area (Å²) >= 11 is 7.50. The molecular formula is C19H26ClN3OS. The van der Waals surface area contributed by atoms with Crippen LogP contribution in [0, 0.1) is 19.8 Å². The van der Waals surface area contributed by atoms with Crippen molar-refractivity contribution in [1.82, 2.24) is 14.7 Å². The minimum Gasteiger partial charge on any atom is -0.334 e. The van der Waals surface area contributed by atoms with E-state index in [0.29, 0.717) is 25.4 Å². The van der Waals surface area contributed by atoms with Crippen LogP contribution in [0.15, 0.2) is 24.8 Å². The number of nitrogens with zero attached hydrogens (tertiary/aromatic N) is 3. The zero-order valence-electron chi connectivity index (χ0n) is 15.4. The lowest BCUT2D eigenvalue weighted by atomic mass is 10.1. The van der Waals surface area contributed by atoms with Gasteiger partial charge in [0.25, 0.3) is 0 Å². The molecule has 0 aliphatic heterocycles. The highest BCUT2D eigenvalue weighted by Crippen LogP contribution is 2.23. The molecule has 0 fully saturated rings. The Labute approximate surface area is 159 Å². The van der Waals surface area contributed by atoms with Crippen LogP contribution in [0.1, 0.15) is 35.7 Å². The minimum absolute atomic E-state index is 0.0831. The molecule has 2 aromatic rings. The lowest BCUT2D eigenvalue weighted by molar-refractivity contribution is -0.130. The number of hydrogen-bond donors (Lipinski definition) is 0. The zero-order chi connectivity index (χ0) is 18.6. The maximum absolute atomic E-state index is 12.9. The maximum Gasteiger partial charge on any atom is 0.227 e. The smallest absolute Gasteiger partial charge is 0.227 e. The first-order valence-electron chi connectivity index (χ1n) is 8.47. The van der Waals surface area contributed by atoms with Gasteiger partial charge in [0, 0.05) is 29.2 Å². The van der Waals surface area contributed by atoms with Crippen molar-refractivity contribution in [3.63, 3.8) is 0 Å². The minimum atomic E-state index is 0.0831. The predicted octanol–water partition coefficient (Wildman–Crippen LogP) is 4.63. The van der Waals surface area contributed by atoms with Crippen molar-refractivity contribution in [1.29, 1.82) is 0 Å². The summed E-state index contributed by atoms with van der Waals surface area (Å²) in [5, 5.41) is 4.61. The highest BCUT2D eigenvalue weighted by molar-refractivity contribution is 7.16. The van der Waals surface area contributed by atoms with Gasteiger partial charge in [0.15, 0.2) is 0 Å². The van der Waals surface area contributed by atoms with Crippen LogP contribution in [0.5, 0.6) is 0 Å². The Kier molecular flexibility index (Phi) is 6.85. The SMILES string of the molecule is C=CCN(Cc1ccc(Cl)s1)C(=O)Cc1c(C)nn(CC(C)C)c1C. The first kappa shape index (κ1) is 19.7. The van der Waals surface area contributed by atoms with Crippen LogP contribution in [0.25, 0.3) is 0 Å². The molecule has 1 amide bonds. The van der Waals surface area contributed by atoms with E-state index in [1.165, 1.54) is 11.3 Å². The fraction of sp³-hybridized carbons (Fsp3) is 0.474. The second-order valence-electron chi connectivity index (χ2n) is 6.67. The van der Waals surface area contributed by atoms with Crippen LogP contribution in [0.4, 0.5) is 0 Å². The first-order valence-corrected chi connectivity index (χ1v) is 9.67. The van der Waals surface area contributed by atoms with Gasteiger partial charge in [-0.05, 0) is 31.9 Å². The lowest BCUT2D eigenvalue weighted by Gasteiger charge is -2.20. The quantitative estimate of drug-likeness (QED) is 0.627. The molecule has 0 saturated heterocycles. The van der Waals surface area contributed by atoms with Gasteiger partial charge in [-0.25, -0.2) is 0 Å². The fourth-order valence-electron chi connectivity index (χ4n) is 2.81. The molecule has 2 heterocycles. The highest BCUT2D eigenvalue weighted by atomic mass is 35.5. The molecule has 25 heavy (non-hydrogen) atoms. The summed E-state index contributed by atoms with van der Waals surface area (Å²) in [7, 11) is 0. The number of thiophene rings is 1. The fourth-order valence-corrected chi connectivity index (χ4v) is 3.92. The number of rotatable bonds is 8. The van der Waals surface area contributed by atoms with E-state index in [9.17, 15) is 4.79 Å². The molecule has 0 bridgehead atoms. The van der Waals surface area contributed by atoms with E-state index in [2.05, 4.69) is 25.5 Å². The maximum atomic E-state index is 12.9. The average molecular weight is 380 g/mol. The number of hydrogen-bond acceptors (Lipinski definition) is 3. The van der Waals surface area contributed by atoms with Crippen LogP contribution in [-0.2, 0) is 24.3 Å². The molecule has 6 heteroatoms. The highest BCUT2D eigenvalue weighted by Gasteiger charge is 2.20. The summed E-state index contributed by atoms with van der Waals surface area (Å²) in [4.78, 5) is 15.7. The summed E-state index contributed by atoms with van der Waals surface area (Å²) in [5.74, 6) is 0.599. The number of aryl methyl sites for hydroxylation is 1. The van der Waals surface area contributed by atoms with Crippen LogP contribution in [0.2, 0.25) is 4.34 Å². The van der Waals surface area contributed by atoms with Crippen molar-refractivity contribution in [2.75, 3.05) is 6.54 Å². The van der Waals surface area contributed by atoms with Crippen molar-refractivity contribution in [3.8, 4) is 0 Å². The molecule has 0 aliphatic rings. The zero-order valence-corrected chi connectivity index (χ0v) is 17.0. The molecule has 0 atom stereocenters. The molecule has 0 spiro atoms. The molecule has 0 N–H and O–H groups in total. The second-order valence-corrected chi connectivity index (χ2v) is 8.47. The number of carbonyl (C=O) groups is 1. The summed E-state index contributed by atoms with van der Waals surface area (Å²) in [6, 6.07) is 3.83. The van der Waals surface area contributed by atoms with Gasteiger partial charge in [-0.15, -0.1) is 17.9 Å². The van der Waals surface area contributed by atoms with Crippen molar-refractivity contribution < 1.29 is 4.79 Å². The summed E-state index contributed by atoms with van der Waals surface area (Å²) in [6.07, 6.45) is 2.12. The topological polar surface area (TPSA) is 38.1 Å². The molecule has 2 aromatic heterocycles. The Balaban J connectivity index is 2.15. The van der Waals surface area contributed by atoms with Gasteiger partial charge in [0.1, 0.15) is 0 Å². The van der Waals surface area contributed by atoms with E-state index in [1.807, 2.05) is 35.6 Å². The van der Waals surface area contributed by atoms with Crippen LogP contribution in [0.3, 0.4) is 0 Å². The normalized spacial score (nSPS) is 11.1. The lowest BCUT2D eigenvalue weighted by Crippen LogP contribution is -2.32. The first-order chi connectivity index (χ1) is 11.8. The molecule has 0 aromatic carbocycles. The van der Waals surface area contributed by atoms with E-state index >= 15 is 0 Å². The van der Waals surface area contributed by atoms with Crippen molar-refractivity contribution in [2.24, 2.45) is 5.92 Å². The summed E-state index contributed by atoms with van der Waals surface area (Å²) in [6.45, 7) is 14.1. The van der Waals surface area contributed by atoms with Gasteiger partial charge < -0.3 is 4.90 Å². The van der Waals surface area contributed by atoms with E-state index in [-0.39, 0.29) is 5.91 Å². The number of amides is 1. The molecule has 136 valence electrons. The van der Waals surface area contributed by atoms with E-state index in [4.69, 9.17) is 11.6 Å². The van der Waals surface area contributed by atoms with Gasteiger partial charge >= 0.3 is 0 Å². The Morgan fingerprint density at radius 2 is 2.16 bits per heavy atom. The molecule has 0 unspecified atom stereocenters. The van der Waals surface area contributed by atoms with Crippen LogP contribution in [-0.4, -0.2) is 27.1 Å². The van der Waals surface area contributed by atoms with Gasteiger partial charge in [0.2, 0.25) is 5.91 Å². The molecule has 0 aliphatic carbocycles. The van der Waals surface area contributed by atoms with Gasteiger partial charge in [-0.3, -0.25) is 9.48 Å². The predicted molar refractivity (Wildman–Crippen MR) is 105 cm³/mol. The Morgan fingerprint density at radius 1 is 1.44 bits per heavy atom. The molecule has 4 nitrogen and oxygen atoms in total. The van der Waals surface area contributed by atoms with E-state index < -0.39 is 0 Å². The third-order valence-electron chi connectivity index (χ3n) is 4.08. The molecule has 0 saturated carbocycles. The Morgan fingerprint density at radius 3 is 2.72 bits per heavy atom.